The number of rotatable bonds is 8. The average Bonchev–Trinajstić information content (AvgIpc) is 2.55. The highest BCUT2D eigenvalue weighted by molar-refractivity contribution is 7.89. The minimum atomic E-state index is -3.49. The highest BCUT2D eigenvalue weighted by Gasteiger charge is 2.24. The van der Waals surface area contributed by atoms with Gasteiger partial charge in [0.05, 0.1) is 11.6 Å². The van der Waals surface area contributed by atoms with E-state index in [2.05, 4.69) is 9.62 Å². The number of sulfonamides is 1. The van der Waals surface area contributed by atoms with Crippen molar-refractivity contribution in [3.63, 3.8) is 0 Å². The van der Waals surface area contributed by atoms with Gasteiger partial charge >= 0.3 is 0 Å². The van der Waals surface area contributed by atoms with Crippen molar-refractivity contribution >= 4 is 10.0 Å². The van der Waals surface area contributed by atoms with E-state index >= 15 is 0 Å². The molecule has 0 radical (unpaired) electrons. The van der Waals surface area contributed by atoms with Crippen molar-refractivity contribution in [3.8, 4) is 0 Å². The van der Waals surface area contributed by atoms with Crippen LogP contribution < -0.4 is 10.5 Å². The molecule has 1 aromatic carbocycles. The first-order valence-corrected chi connectivity index (χ1v) is 9.63. The molecular formula is C16H26FN3O2S. The Morgan fingerprint density at radius 2 is 1.87 bits per heavy atom. The first-order chi connectivity index (χ1) is 11.0. The molecule has 0 atom stereocenters. The summed E-state index contributed by atoms with van der Waals surface area (Å²) in [6.45, 7) is 2.87. The number of nitrogens with one attached hydrogen (secondary N) is 1. The van der Waals surface area contributed by atoms with Gasteiger partial charge in [-0.1, -0.05) is 12.1 Å². The number of halogens is 1. The fourth-order valence-corrected chi connectivity index (χ4v) is 4.16. The molecule has 0 aromatic heterocycles. The summed E-state index contributed by atoms with van der Waals surface area (Å²) in [6, 6.07) is 6.68. The smallest absolute Gasteiger partial charge is 0.240 e. The van der Waals surface area contributed by atoms with Gasteiger partial charge in [-0.05, 0) is 56.5 Å². The van der Waals surface area contributed by atoms with Crippen molar-refractivity contribution in [1.82, 2.24) is 9.62 Å². The molecule has 1 fully saturated rings. The summed E-state index contributed by atoms with van der Waals surface area (Å²) >= 11 is 0. The summed E-state index contributed by atoms with van der Waals surface area (Å²) in [6.07, 6.45) is 2.69. The number of benzene rings is 1. The van der Waals surface area contributed by atoms with E-state index in [9.17, 15) is 12.8 Å². The van der Waals surface area contributed by atoms with Crippen molar-refractivity contribution in [2.24, 2.45) is 5.73 Å². The SMILES string of the molecule is NCCN1CCC(NS(=O)(=O)c2ccc(CCCF)cc2)CC1. The number of piperidine rings is 1. The lowest BCUT2D eigenvalue weighted by atomic mass is 10.1. The lowest BCUT2D eigenvalue weighted by Gasteiger charge is -2.31. The molecule has 23 heavy (non-hydrogen) atoms. The van der Waals surface area contributed by atoms with Crippen LogP contribution in [0, 0.1) is 0 Å². The topological polar surface area (TPSA) is 75.4 Å². The van der Waals surface area contributed by atoms with Crippen molar-refractivity contribution in [3.05, 3.63) is 29.8 Å². The largest absolute Gasteiger partial charge is 0.329 e. The maximum atomic E-state index is 12.4. The third-order valence-electron chi connectivity index (χ3n) is 4.19. The first kappa shape index (κ1) is 18.3. The molecular weight excluding hydrogens is 317 g/mol. The van der Waals surface area contributed by atoms with Crippen LogP contribution in [-0.2, 0) is 16.4 Å². The zero-order valence-electron chi connectivity index (χ0n) is 13.4. The quantitative estimate of drug-likeness (QED) is 0.746. The monoisotopic (exact) mass is 343 g/mol. The van der Waals surface area contributed by atoms with Gasteiger partial charge in [-0.3, -0.25) is 4.39 Å². The Morgan fingerprint density at radius 1 is 1.22 bits per heavy atom. The second kappa shape index (κ2) is 8.73. The van der Waals surface area contributed by atoms with E-state index in [1.165, 1.54) is 0 Å². The maximum absolute atomic E-state index is 12.4. The van der Waals surface area contributed by atoms with E-state index in [-0.39, 0.29) is 17.6 Å². The standard InChI is InChI=1S/C16H26FN3O2S/c17-9-1-2-14-3-5-16(6-4-14)23(21,22)19-15-7-11-20(12-8-15)13-10-18/h3-6,15,19H,1-2,7-13,18H2. The normalized spacial score (nSPS) is 17.5. The first-order valence-electron chi connectivity index (χ1n) is 8.15. The van der Waals surface area contributed by atoms with E-state index < -0.39 is 10.0 Å². The van der Waals surface area contributed by atoms with Crippen LogP contribution in [0.25, 0.3) is 0 Å². The van der Waals surface area contributed by atoms with Crippen LogP contribution in [0.4, 0.5) is 4.39 Å². The number of alkyl halides is 1. The highest BCUT2D eigenvalue weighted by Crippen LogP contribution is 2.16. The Hall–Kier alpha value is -1.02. The van der Waals surface area contributed by atoms with Crippen molar-refractivity contribution in [2.75, 3.05) is 32.9 Å². The molecule has 1 aliphatic rings. The Balaban J connectivity index is 1.91. The van der Waals surface area contributed by atoms with Gasteiger partial charge in [0.1, 0.15) is 0 Å². The molecule has 1 aliphatic heterocycles. The molecule has 2 rings (SSSR count). The number of aryl methyl sites for hydroxylation is 1. The van der Waals surface area contributed by atoms with Crippen LogP contribution in [0.15, 0.2) is 29.2 Å². The summed E-state index contributed by atoms with van der Waals surface area (Å²) in [7, 11) is -3.49. The van der Waals surface area contributed by atoms with Crippen molar-refractivity contribution < 1.29 is 12.8 Å². The third-order valence-corrected chi connectivity index (χ3v) is 5.72. The summed E-state index contributed by atoms with van der Waals surface area (Å²) in [5.41, 5.74) is 6.50. The second-order valence-corrected chi connectivity index (χ2v) is 7.68. The number of likely N-dealkylation sites (tertiary alicyclic amines) is 1. The summed E-state index contributed by atoms with van der Waals surface area (Å²) < 4.78 is 39.8. The van der Waals surface area contributed by atoms with Crippen LogP contribution in [0.2, 0.25) is 0 Å². The summed E-state index contributed by atoms with van der Waals surface area (Å²) in [5, 5.41) is 0. The maximum Gasteiger partial charge on any atom is 0.240 e. The van der Waals surface area contributed by atoms with Gasteiger partial charge in [0, 0.05) is 19.1 Å². The van der Waals surface area contributed by atoms with Crippen LogP contribution in [0.5, 0.6) is 0 Å². The van der Waals surface area contributed by atoms with Crippen LogP contribution in [0.3, 0.4) is 0 Å². The molecule has 0 bridgehead atoms. The number of hydrogen-bond donors (Lipinski definition) is 2. The Morgan fingerprint density at radius 3 is 2.43 bits per heavy atom. The molecule has 0 spiro atoms. The minimum Gasteiger partial charge on any atom is -0.329 e. The van der Waals surface area contributed by atoms with Gasteiger partial charge in [-0.25, -0.2) is 13.1 Å². The van der Waals surface area contributed by atoms with Gasteiger partial charge in [0.2, 0.25) is 10.0 Å². The van der Waals surface area contributed by atoms with E-state index in [0.717, 1.165) is 38.0 Å². The fraction of sp³-hybridized carbons (Fsp3) is 0.625. The molecule has 7 heteroatoms. The van der Waals surface area contributed by atoms with E-state index in [0.29, 0.717) is 19.4 Å². The highest BCUT2D eigenvalue weighted by atomic mass is 32.2. The summed E-state index contributed by atoms with van der Waals surface area (Å²) in [4.78, 5) is 2.52. The molecule has 3 N–H and O–H groups in total. The Labute approximate surface area is 138 Å². The zero-order valence-corrected chi connectivity index (χ0v) is 14.2. The average molecular weight is 343 g/mol. The van der Waals surface area contributed by atoms with Crippen molar-refractivity contribution in [2.45, 2.75) is 36.6 Å². The predicted molar refractivity (Wildman–Crippen MR) is 89.6 cm³/mol. The molecule has 130 valence electrons. The van der Waals surface area contributed by atoms with Crippen LogP contribution in [0.1, 0.15) is 24.8 Å². The predicted octanol–water partition coefficient (Wildman–Crippen LogP) is 1.29. The van der Waals surface area contributed by atoms with Crippen LogP contribution in [-0.4, -0.2) is 52.2 Å². The van der Waals surface area contributed by atoms with E-state index in [1.54, 1.807) is 24.3 Å². The lowest BCUT2D eigenvalue weighted by molar-refractivity contribution is 0.212. The van der Waals surface area contributed by atoms with E-state index in [4.69, 9.17) is 5.73 Å². The third kappa shape index (κ3) is 5.53. The lowest BCUT2D eigenvalue weighted by Crippen LogP contribution is -2.45. The Bertz CT molecular complexity index is 569. The van der Waals surface area contributed by atoms with Crippen molar-refractivity contribution in [1.29, 1.82) is 0 Å². The van der Waals surface area contributed by atoms with Gasteiger partial charge in [-0.15, -0.1) is 0 Å². The molecule has 0 aliphatic carbocycles. The molecule has 0 unspecified atom stereocenters. The molecule has 1 heterocycles. The molecule has 5 nitrogen and oxygen atoms in total. The van der Waals surface area contributed by atoms with Gasteiger partial charge in [0.15, 0.2) is 0 Å². The molecule has 0 saturated carbocycles. The van der Waals surface area contributed by atoms with Crippen LogP contribution >= 0.6 is 0 Å². The van der Waals surface area contributed by atoms with Gasteiger partial charge in [0.25, 0.3) is 0 Å². The van der Waals surface area contributed by atoms with Gasteiger partial charge in [-0.2, -0.15) is 0 Å². The molecule has 0 amide bonds. The zero-order chi connectivity index (χ0) is 16.7. The Kier molecular flexibility index (Phi) is 6.95. The van der Waals surface area contributed by atoms with Gasteiger partial charge < -0.3 is 10.6 Å². The van der Waals surface area contributed by atoms with E-state index in [1.807, 2.05) is 0 Å². The minimum absolute atomic E-state index is 0.0276. The second-order valence-electron chi connectivity index (χ2n) is 5.96. The molecule has 1 saturated heterocycles. The number of hydrogen-bond acceptors (Lipinski definition) is 4. The molecule has 1 aromatic rings. The number of nitrogens with two attached hydrogens (primary N) is 1. The summed E-state index contributed by atoms with van der Waals surface area (Å²) in [5.74, 6) is 0. The number of nitrogens with zero attached hydrogens (tertiary/aromatic N) is 1. The fourth-order valence-electron chi connectivity index (χ4n) is 2.85.